The van der Waals surface area contributed by atoms with E-state index in [0.29, 0.717) is 11.7 Å². The minimum atomic E-state index is -0.557. The number of carbonyl (C=O) groups is 2. The van der Waals surface area contributed by atoms with Gasteiger partial charge in [0.2, 0.25) is 5.91 Å². The number of ether oxygens (including phenoxy) is 1. The molecule has 0 radical (unpaired) electrons. The van der Waals surface area contributed by atoms with Crippen LogP contribution in [0.1, 0.15) is 63.7 Å². The Balaban J connectivity index is 2.02. The second-order valence-corrected chi connectivity index (χ2v) is 8.07. The summed E-state index contributed by atoms with van der Waals surface area (Å²) in [7, 11) is 0. The highest BCUT2D eigenvalue weighted by Gasteiger charge is 2.34. The van der Waals surface area contributed by atoms with E-state index in [-0.39, 0.29) is 41.4 Å². The number of H-pyrrole nitrogens is 1. The number of hydrogen-bond acceptors (Lipinski definition) is 6. The van der Waals surface area contributed by atoms with E-state index in [1.807, 2.05) is 13.8 Å². The lowest BCUT2D eigenvalue weighted by molar-refractivity contribution is -0.123. The molecule has 2 aromatic heterocycles. The molecule has 162 valence electrons. The van der Waals surface area contributed by atoms with Crippen LogP contribution in [-0.2, 0) is 9.53 Å². The lowest BCUT2D eigenvalue weighted by Crippen LogP contribution is -2.43. The van der Waals surface area contributed by atoms with Gasteiger partial charge < -0.3 is 4.74 Å². The van der Waals surface area contributed by atoms with Crippen molar-refractivity contribution in [3.63, 3.8) is 0 Å². The van der Waals surface area contributed by atoms with Gasteiger partial charge in [-0.2, -0.15) is 5.10 Å². The van der Waals surface area contributed by atoms with Gasteiger partial charge in [-0.1, -0.05) is 6.92 Å². The number of nitrogens with zero attached hydrogens (tertiary/aromatic N) is 4. The molecular formula is C21H29N5O4. The van der Waals surface area contributed by atoms with Crippen molar-refractivity contribution in [1.29, 1.82) is 0 Å². The molecule has 1 fully saturated rings. The fraction of sp³-hybridized carbons (Fsp3) is 0.571. The van der Waals surface area contributed by atoms with E-state index in [9.17, 15) is 14.4 Å². The number of hydrogen-bond donors (Lipinski definition) is 1. The highest BCUT2D eigenvalue weighted by molar-refractivity contribution is 6.02. The molecule has 1 aliphatic rings. The van der Waals surface area contributed by atoms with Gasteiger partial charge >= 0.3 is 5.97 Å². The van der Waals surface area contributed by atoms with E-state index in [1.165, 1.54) is 23.0 Å². The zero-order chi connectivity index (χ0) is 21.8. The largest absolute Gasteiger partial charge is 0.462 e. The van der Waals surface area contributed by atoms with Crippen molar-refractivity contribution in [2.75, 3.05) is 11.5 Å². The van der Waals surface area contributed by atoms with Crippen LogP contribution in [0.25, 0.3) is 5.82 Å². The summed E-state index contributed by atoms with van der Waals surface area (Å²) < 4.78 is 6.58. The Morgan fingerprint density at radius 1 is 1.27 bits per heavy atom. The molecule has 1 N–H and O–H groups in total. The highest BCUT2D eigenvalue weighted by atomic mass is 16.5. The second kappa shape index (κ2) is 9.23. The van der Waals surface area contributed by atoms with Crippen molar-refractivity contribution in [3.05, 3.63) is 34.2 Å². The van der Waals surface area contributed by atoms with Gasteiger partial charge in [0.25, 0.3) is 5.56 Å². The molecule has 0 atom stereocenters. The highest BCUT2D eigenvalue weighted by Crippen LogP contribution is 2.32. The minimum Gasteiger partial charge on any atom is -0.462 e. The summed E-state index contributed by atoms with van der Waals surface area (Å²) in [6, 6.07) is 2.62. The summed E-state index contributed by atoms with van der Waals surface area (Å²) in [5.41, 5.74) is -0.154. The fourth-order valence-electron chi connectivity index (χ4n) is 3.78. The van der Waals surface area contributed by atoms with Gasteiger partial charge in [0.15, 0.2) is 11.6 Å². The molecule has 30 heavy (non-hydrogen) atoms. The quantitative estimate of drug-likeness (QED) is 0.727. The minimum absolute atomic E-state index is 0.0258. The van der Waals surface area contributed by atoms with E-state index in [1.54, 1.807) is 11.8 Å². The van der Waals surface area contributed by atoms with Crippen LogP contribution in [0.4, 0.5) is 5.82 Å². The number of aromatic nitrogens is 4. The molecule has 0 saturated heterocycles. The van der Waals surface area contributed by atoms with E-state index < -0.39 is 5.97 Å². The fourth-order valence-corrected chi connectivity index (χ4v) is 3.78. The Bertz CT molecular complexity index is 936. The summed E-state index contributed by atoms with van der Waals surface area (Å²) in [6.45, 7) is 7.93. The number of aromatic amines is 1. The van der Waals surface area contributed by atoms with Crippen molar-refractivity contribution >= 4 is 17.7 Å². The molecule has 0 aromatic carbocycles. The molecular weight excluding hydrogens is 386 g/mol. The third kappa shape index (κ3) is 4.60. The summed E-state index contributed by atoms with van der Waals surface area (Å²) in [4.78, 5) is 39.0. The second-order valence-electron chi connectivity index (χ2n) is 8.07. The average molecular weight is 415 g/mol. The standard InChI is InChI=1S/C21H29N5O4/c1-5-30-21(29)16-12-25(17-10-11-18(27)23-22-17)24-19(16)26(13(2)3)20(28)15-8-6-14(4)7-9-15/h10-15H,5-9H2,1-4H3,(H,23,27). The number of amides is 1. The molecule has 0 aliphatic heterocycles. The molecule has 9 nitrogen and oxygen atoms in total. The van der Waals surface area contributed by atoms with Gasteiger partial charge in [-0.05, 0) is 58.4 Å². The van der Waals surface area contributed by atoms with E-state index in [2.05, 4.69) is 22.2 Å². The maximum absolute atomic E-state index is 13.4. The average Bonchev–Trinajstić information content (AvgIpc) is 3.14. The van der Waals surface area contributed by atoms with Crippen molar-refractivity contribution in [2.45, 2.75) is 59.4 Å². The number of rotatable bonds is 6. The predicted octanol–water partition coefficient (Wildman–Crippen LogP) is 2.70. The molecule has 9 heteroatoms. The topological polar surface area (TPSA) is 110 Å². The molecule has 1 amide bonds. The predicted molar refractivity (Wildman–Crippen MR) is 112 cm³/mol. The van der Waals surface area contributed by atoms with Crippen LogP contribution in [0.5, 0.6) is 0 Å². The first-order valence-corrected chi connectivity index (χ1v) is 10.5. The molecule has 1 saturated carbocycles. The Hall–Kier alpha value is -2.97. The molecule has 3 rings (SSSR count). The lowest BCUT2D eigenvalue weighted by Gasteiger charge is -2.32. The van der Waals surface area contributed by atoms with Gasteiger partial charge in [0.05, 0.1) is 6.61 Å². The molecule has 2 aromatic rings. The van der Waals surface area contributed by atoms with Crippen molar-refractivity contribution in [3.8, 4) is 5.82 Å². The monoisotopic (exact) mass is 415 g/mol. The van der Waals surface area contributed by atoms with E-state index in [0.717, 1.165) is 25.7 Å². The molecule has 1 aliphatic carbocycles. The first-order valence-electron chi connectivity index (χ1n) is 10.5. The maximum Gasteiger partial charge on any atom is 0.343 e. The van der Waals surface area contributed by atoms with Gasteiger partial charge in [0, 0.05) is 24.2 Å². The van der Waals surface area contributed by atoms with Gasteiger partial charge in [-0.25, -0.2) is 14.6 Å². The number of carbonyl (C=O) groups excluding carboxylic acids is 2. The Morgan fingerprint density at radius 2 is 1.97 bits per heavy atom. The van der Waals surface area contributed by atoms with Crippen molar-refractivity contribution in [1.82, 2.24) is 20.0 Å². The van der Waals surface area contributed by atoms with Crippen molar-refractivity contribution < 1.29 is 14.3 Å². The third-order valence-corrected chi connectivity index (χ3v) is 5.44. The zero-order valence-corrected chi connectivity index (χ0v) is 17.9. The number of anilines is 1. The van der Waals surface area contributed by atoms with Crippen molar-refractivity contribution in [2.24, 2.45) is 11.8 Å². The zero-order valence-electron chi connectivity index (χ0n) is 17.9. The maximum atomic E-state index is 13.4. The number of esters is 1. The first kappa shape index (κ1) is 21.7. The van der Waals surface area contributed by atoms with Gasteiger partial charge in [0.1, 0.15) is 5.56 Å². The van der Waals surface area contributed by atoms with Crippen LogP contribution in [0, 0.1) is 11.8 Å². The molecule has 0 bridgehead atoms. The van der Waals surface area contributed by atoms with E-state index in [4.69, 9.17) is 4.74 Å². The van der Waals surface area contributed by atoms with Crippen LogP contribution < -0.4 is 10.5 Å². The van der Waals surface area contributed by atoms with E-state index >= 15 is 0 Å². The van der Waals surface area contributed by atoms with Gasteiger partial charge in [-0.15, -0.1) is 5.10 Å². The summed E-state index contributed by atoms with van der Waals surface area (Å²) in [5, 5.41) is 10.8. The van der Waals surface area contributed by atoms with Crippen LogP contribution in [0.3, 0.4) is 0 Å². The SMILES string of the molecule is CCOC(=O)c1cn(-c2ccc(=O)[nH]n2)nc1N(C(=O)C1CCC(C)CC1)C(C)C. The van der Waals surface area contributed by atoms with Gasteiger partial charge in [-0.3, -0.25) is 14.5 Å². The molecule has 0 spiro atoms. The molecule has 0 unspecified atom stereocenters. The van der Waals surface area contributed by atoms with Crippen LogP contribution in [-0.4, -0.2) is 44.5 Å². The van der Waals surface area contributed by atoms with Crippen LogP contribution in [0.15, 0.2) is 23.1 Å². The number of nitrogens with one attached hydrogen (secondary N) is 1. The summed E-state index contributed by atoms with van der Waals surface area (Å²) in [6.07, 6.45) is 5.19. The lowest BCUT2D eigenvalue weighted by atomic mass is 9.82. The smallest absolute Gasteiger partial charge is 0.343 e. The Labute approximate surface area is 175 Å². The third-order valence-electron chi connectivity index (χ3n) is 5.44. The van der Waals surface area contributed by atoms with Crippen LogP contribution in [0.2, 0.25) is 0 Å². The summed E-state index contributed by atoms with van der Waals surface area (Å²) >= 11 is 0. The van der Waals surface area contributed by atoms with Crippen LogP contribution >= 0.6 is 0 Å². The molecule has 2 heterocycles. The first-order chi connectivity index (χ1) is 14.3. The Kier molecular flexibility index (Phi) is 6.69. The normalized spacial score (nSPS) is 19.0. The summed E-state index contributed by atoms with van der Waals surface area (Å²) in [5.74, 6) is 0.535. The Morgan fingerprint density at radius 3 is 2.53 bits per heavy atom.